The van der Waals surface area contributed by atoms with Gasteiger partial charge in [0.2, 0.25) is 0 Å². The Kier molecular flexibility index (Phi) is 2.37. The van der Waals surface area contributed by atoms with Gasteiger partial charge in [0.05, 0.1) is 5.69 Å². The van der Waals surface area contributed by atoms with E-state index < -0.39 is 0 Å². The van der Waals surface area contributed by atoms with Gasteiger partial charge in [0.15, 0.2) is 5.82 Å². The molecule has 0 aromatic carbocycles. The lowest BCUT2D eigenvalue weighted by Crippen LogP contribution is -2.19. The molecule has 1 aromatic heterocycles. The SMILES string of the molecule is CC1Cc2cc(NN)nnc2C(C)C1. The van der Waals surface area contributed by atoms with Crippen molar-refractivity contribution in [3.8, 4) is 0 Å². The number of nitrogens with two attached hydrogens (primary N) is 1. The molecule has 4 heteroatoms. The van der Waals surface area contributed by atoms with E-state index in [9.17, 15) is 0 Å². The number of hydrazine groups is 1. The van der Waals surface area contributed by atoms with Gasteiger partial charge in [-0.25, -0.2) is 5.84 Å². The van der Waals surface area contributed by atoms with Gasteiger partial charge in [-0.2, -0.15) is 5.10 Å². The van der Waals surface area contributed by atoms with Crippen molar-refractivity contribution in [1.29, 1.82) is 0 Å². The second-order valence-corrected chi connectivity index (χ2v) is 4.23. The number of nitrogens with zero attached hydrogens (tertiary/aromatic N) is 2. The molecule has 0 aliphatic heterocycles. The Hall–Kier alpha value is -1.16. The molecule has 2 rings (SSSR count). The van der Waals surface area contributed by atoms with Gasteiger partial charge in [-0.15, -0.1) is 5.10 Å². The molecule has 0 bridgehead atoms. The maximum absolute atomic E-state index is 5.30. The second-order valence-electron chi connectivity index (χ2n) is 4.23. The van der Waals surface area contributed by atoms with Crippen LogP contribution in [0, 0.1) is 5.92 Å². The Morgan fingerprint density at radius 2 is 2.21 bits per heavy atom. The zero-order valence-electron chi connectivity index (χ0n) is 8.62. The molecule has 2 unspecified atom stereocenters. The number of hydrogen-bond acceptors (Lipinski definition) is 4. The summed E-state index contributed by atoms with van der Waals surface area (Å²) in [5.74, 6) is 7.21. The van der Waals surface area contributed by atoms with Crippen LogP contribution in [0.5, 0.6) is 0 Å². The molecular weight excluding hydrogens is 176 g/mol. The number of anilines is 1. The highest BCUT2D eigenvalue weighted by Gasteiger charge is 2.23. The molecule has 0 fully saturated rings. The van der Waals surface area contributed by atoms with Crippen LogP contribution in [0.1, 0.15) is 37.4 Å². The molecule has 0 saturated carbocycles. The van der Waals surface area contributed by atoms with E-state index in [2.05, 4.69) is 29.5 Å². The predicted octanol–water partition coefficient (Wildman–Crippen LogP) is 1.45. The topological polar surface area (TPSA) is 63.8 Å². The van der Waals surface area contributed by atoms with Gasteiger partial charge in [-0.1, -0.05) is 13.8 Å². The molecule has 1 heterocycles. The van der Waals surface area contributed by atoms with Crippen LogP contribution in [0.2, 0.25) is 0 Å². The zero-order valence-corrected chi connectivity index (χ0v) is 8.62. The van der Waals surface area contributed by atoms with Crippen molar-refractivity contribution >= 4 is 5.82 Å². The van der Waals surface area contributed by atoms with E-state index in [0.717, 1.165) is 18.0 Å². The minimum Gasteiger partial charge on any atom is -0.307 e. The fourth-order valence-corrected chi connectivity index (χ4v) is 2.26. The monoisotopic (exact) mass is 192 g/mol. The third kappa shape index (κ3) is 1.57. The first-order valence-corrected chi connectivity index (χ1v) is 5.03. The number of hydrogen-bond donors (Lipinski definition) is 2. The molecule has 1 aliphatic carbocycles. The average molecular weight is 192 g/mol. The maximum atomic E-state index is 5.30. The number of nitrogen functional groups attached to an aromatic ring is 1. The van der Waals surface area contributed by atoms with Crippen LogP contribution in [0.4, 0.5) is 5.82 Å². The molecule has 0 spiro atoms. The van der Waals surface area contributed by atoms with E-state index in [-0.39, 0.29) is 0 Å². The van der Waals surface area contributed by atoms with E-state index in [1.165, 1.54) is 12.0 Å². The normalized spacial score (nSPS) is 25.6. The van der Waals surface area contributed by atoms with Crippen LogP contribution < -0.4 is 11.3 Å². The summed E-state index contributed by atoms with van der Waals surface area (Å²) < 4.78 is 0. The Labute approximate surface area is 83.9 Å². The minimum absolute atomic E-state index is 0.521. The van der Waals surface area contributed by atoms with E-state index in [0.29, 0.717) is 11.7 Å². The Bertz CT molecular complexity index is 337. The van der Waals surface area contributed by atoms with Crippen molar-refractivity contribution in [2.75, 3.05) is 5.43 Å². The zero-order chi connectivity index (χ0) is 10.1. The molecule has 0 saturated heterocycles. The van der Waals surface area contributed by atoms with Crippen LogP contribution >= 0.6 is 0 Å². The molecule has 3 N–H and O–H groups in total. The van der Waals surface area contributed by atoms with Gasteiger partial charge in [-0.05, 0) is 30.4 Å². The lowest BCUT2D eigenvalue weighted by molar-refractivity contribution is 0.438. The first-order valence-electron chi connectivity index (χ1n) is 5.03. The summed E-state index contributed by atoms with van der Waals surface area (Å²) in [5, 5.41) is 8.21. The van der Waals surface area contributed by atoms with Gasteiger partial charge in [0.25, 0.3) is 0 Å². The summed E-state index contributed by atoms with van der Waals surface area (Å²) in [4.78, 5) is 0. The van der Waals surface area contributed by atoms with Crippen molar-refractivity contribution in [2.45, 2.75) is 32.6 Å². The number of fused-ring (bicyclic) bond motifs is 1. The lowest BCUT2D eigenvalue weighted by atomic mass is 9.82. The van der Waals surface area contributed by atoms with Crippen molar-refractivity contribution in [2.24, 2.45) is 11.8 Å². The largest absolute Gasteiger partial charge is 0.307 e. The Morgan fingerprint density at radius 1 is 1.43 bits per heavy atom. The molecule has 0 radical (unpaired) electrons. The first kappa shape index (κ1) is 9.40. The summed E-state index contributed by atoms with van der Waals surface area (Å²) in [6, 6.07) is 2.01. The van der Waals surface area contributed by atoms with Gasteiger partial charge in [0.1, 0.15) is 0 Å². The molecule has 2 atom stereocenters. The van der Waals surface area contributed by atoms with Crippen LogP contribution in [0.25, 0.3) is 0 Å². The molecule has 14 heavy (non-hydrogen) atoms. The smallest absolute Gasteiger partial charge is 0.162 e. The van der Waals surface area contributed by atoms with Crippen LogP contribution in [-0.4, -0.2) is 10.2 Å². The van der Waals surface area contributed by atoms with E-state index in [4.69, 9.17) is 5.84 Å². The van der Waals surface area contributed by atoms with E-state index in [1.54, 1.807) is 0 Å². The summed E-state index contributed by atoms with van der Waals surface area (Å²) in [7, 11) is 0. The fourth-order valence-electron chi connectivity index (χ4n) is 2.26. The molecular formula is C10H16N4. The molecule has 0 amide bonds. The highest BCUT2D eigenvalue weighted by atomic mass is 15.3. The third-order valence-corrected chi connectivity index (χ3v) is 2.84. The quantitative estimate of drug-likeness (QED) is 0.522. The highest BCUT2D eigenvalue weighted by molar-refractivity contribution is 5.39. The van der Waals surface area contributed by atoms with Gasteiger partial charge >= 0.3 is 0 Å². The predicted molar refractivity (Wildman–Crippen MR) is 55.7 cm³/mol. The minimum atomic E-state index is 0.521. The fraction of sp³-hybridized carbons (Fsp3) is 0.600. The molecule has 1 aromatic rings. The van der Waals surface area contributed by atoms with Crippen LogP contribution in [0.3, 0.4) is 0 Å². The van der Waals surface area contributed by atoms with Gasteiger partial charge in [0, 0.05) is 5.92 Å². The maximum Gasteiger partial charge on any atom is 0.162 e. The Balaban J connectivity index is 2.39. The van der Waals surface area contributed by atoms with Crippen molar-refractivity contribution < 1.29 is 0 Å². The molecule has 4 nitrogen and oxygen atoms in total. The summed E-state index contributed by atoms with van der Waals surface area (Å²) >= 11 is 0. The molecule has 76 valence electrons. The lowest BCUT2D eigenvalue weighted by Gasteiger charge is -2.25. The first-order chi connectivity index (χ1) is 6.70. The summed E-state index contributed by atoms with van der Waals surface area (Å²) in [6.07, 6.45) is 2.29. The standard InChI is InChI=1S/C10H16N4/c1-6-3-7(2)10-8(4-6)5-9(12-11)13-14-10/h5-7H,3-4,11H2,1-2H3,(H,12,13). The Morgan fingerprint density at radius 3 is 2.93 bits per heavy atom. The van der Waals surface area contributed by atoms with Crippen molar-refractivity contribution in [1.82, 2.24) is 10.2 Å². The van der Waals surface area contributed by atoms with E-state index in [1.807, 2.05) is 6.07 Å². The van der Waals surface area contributed by atoms with Gasteiger partial charge < -0.3 is 5.43 Å². The molecule has 1 aliphatic rings. The highest BCUT2D eigenvalue weighted by Crippen LogP contribution is 2.33. The average Bonchev–Trinajstić information content (AvgIpc) is 2.16. The van der Waals surface area contributed by atoms with E-state index >= 15 is 0 Å². The summed E-state index contributed by atoms with van der Waals surface area (Å²) in [5.41, 5.74) is 4.96. The van der Waals surface area contributed by atoms with Gasteiger partial charge in [-0.3, -0.25) is 0 Å². The van der Waals surface area contributed by atoms with Crippen LogP contribution in [-0.2, 0) is 6.42 Å². The van der Waals surface area contributed by atoms with Crippen molar-refractivity contribution in [3.05, 3.63) is 17.3 Å². The van der Waals surface area contributed by atoms with Crippen LogP contribution in [0.15, 0.2) is 6.07 Å². The number of nitrogens with one attached hydrogen (secondary N) is 1. The summed E-state index contributed by atoms with van der Waals surface area (Å²) in [6.45, 7) is 4.48. The van der Waals surface area contributed by atoms with Crippen molar-refractivity contribution in [3.63, 3.8) is 0 Å². The third-order valence-electron chi connectivity index (χ3n) is 2.84. The number of aromatic nitrogens is 2. The second kappa shape index (κ2) is 3.53. The number of rotatable bonds is 1.